The van der Waals surface area contributed by atoms with E-state index in [9.17, 15) is 14.4 Å². The minimum absolute atomic E-state index is 0.00825. The fraction of sp³-hybridized carbons (Fsp3) is 0.444. The lowest BCUT2D eigenvalue weighted by Gasteiger charge is -2.27. The van der Waals surface area contributed by atoms with Crippen molar-refractivity contribution in [1.82, 2.24) is 10.6 Å². The van der Waals surface area contributed by atoms with E-state index in [1.54, 1.807) is 13.8 Å². The molecular formula is C27H34N2O5. The number of ether oxygens (including phenoxy) is 1. The zero-order chi connectivity index (χ0) is 24.9. The number of hydrogen-bond donors (Lipinski definition) is 3. The van der Waals surface area contributed by atoms with Crippen LogP contribution in [-0.4, -0.2) is 42.8 Å². The van der Waals surface area contributed by atoms with E-state index < -0.39 is 22.9 Å². The first-order valence-corrected chi connectivity index (χ1v) is 11.5. The summed E-state index contributed by atoms with van der Waals surface area (Å²) in [7, 11) is 0. The number of carbonyl (C=O) groups excluding carboxylic acids is 2. The van der Waals surface area contributed by atoms with Crippen LogP contribution < -0.4 is 10.6 Å². The summed E-state index contributed by atoms with van der Waals surface area (Å²) in [5.41, 5.74) is 3.62. The van der Waals surface area contributed by atoms with Crippen LogP contribution in [0.25, 0.3) is 11.1 Å². The Hall–Kier alpha value is -3.35. The van der Waals surface area contributed by atoms with Crippen LogP contribution in [0.2, 0.25) is 0 Å². The quantitative estimate of drug-likeness (QED) is 0.476. The summed E-state index contributed by atoms with van der Waals surface area (Å²) in [5, 5.41) is 14.6. The summed E-state index contributed by atoms with van der Waals surface area (Å²) in [6, 6.07) is 16.3. The van der Waals surface area contributed by atoms with E-state index in [1.807, 2.05) is 38.1 Å². The Morgan fingerprint density at radius 1 is 0.824 bits per heavy atom. The van der Waals surface area contributed by atoms with Gasteiger partial charge in [-0.1, -0.05) is 76.2 Å². The van der Waals surface area contributed by atoms with Crippen molar-refractivity contribution in [2.75, 3.05) is 19.7 Å². The molecule has 0 saturated carbocycles. The molecule has 0 aliphatic heterocycles. The van der Waals surface area contributed by atoms with E-state index in [4.69, 9.17) is 9.84 Å². The van der Waals surface area contributed by atoms with Crippen LogP contribution >= 0.6 is 0 Å². The van der Waals surface area contributed by atoms with Gasteiger partial charge in [0.05, 0.1) is 6.42 Å². The van der Waals surface area contributed by atoms with Gasteiger partial charge < -0.3 is 20.5 Å². The molecule has 0 atom stereocenters. The Bertz CT molecular complexity index is 1010. The smallest absolute Gasteiger partial charge is 0.407 e. The van der Waals surface area contributed by atoms with E-state index in [1.165, 1.54) is 11.1 Å². The molecule has 0 heterocycles. The van der Waals surface area contributed by atoms with Crippen molar-refractivity contribution in [3.8, 4) is 11.1 Å². The SMILES string of the molecule is CC(C)(CNC(=O)CC(C)(C)CNC(=O)OCC1c2ccccc2-c2ccccc21)CC(=O)O. The summed E-state index contributed by atoms with van der Waals surface area (Å²) in [4.78, 5) is 35.7. The van der Waals surface area contributed by atoms with Gasteiger partial charge in [-0.3, -0.25) is 9.59 Å². The van der Waals surface area contributed by atoms with Crippen molar-refractivity contribution >= 4 is 18.0 Å². The molecule has 2 amide bonds. The molecule has 2 aromatic carbocycles. The molecule has 7 nitrogen and oxygen atoms in total. The molecule has 0 fully saturated rings. The highest BCUT2D eigenvalue weighted by Crippen LogP contribution is 2.44. The van der Waals surface area contributed by atoms with E-state index in [0.717, 1.165) is 11.1 Å². The molecule has 34 heavy (non-hydrogen) atoms. The van der Waals surface area contributed by atoms with Gasteiger partial charge in [-0.25, -0.2) is 4.79 Å². The first kappa shape index (κ1) is 25.3. The highest BCUT2D eigenvalue weighted by Gasteiger charge is 2.30. The maximum atomic E-state index is 12.4. The highest BCUT2D eigenvalue weighted by molar-refractivity contribution is 5.79. The van der Waals surface area contributed by atoms with Crippen LogP contribution in [0.3, 0.4) is 0 Å². The fourth-order valence-electron chi connectivity index (χ4n) is 4.33. The molecule has 3 N–H and O–H groups in total. The van der Waals surface area contributed by atoms with E-state index in [-0.39, 0.29) is 44.4 Å². The summed E-state index contributed by atoms with van der Waals surface area (Å²) < 4.78 is 5.56. The normalized spacial score (nSPS) is 13.1. The average Bonchev–Trinajstić information content (AvgIpc) is 3.08. The standard InChI is InChI=1S/C27H34N2O5/c1-26(2,13-23(30)28-16-27(3,4)14-24(31)32)17-29-25(33)34-15-22-20-11-7-5-9-18(20)19-10-6-8-12-21(19)22/h5-12,22H,13-17H2,1-4H3,(H,28,30)(H,29,33)(H,31,32). The first-order valence-electron chi connectivity index (χ1n) is 11.5. The minimum atomic E-state index is -0.896. The Morgan fingerprint density at radius 2 is 1.32 bits per heavy atom. The van der Waals surface area contributed by atoms with Crippen LogP contribution in [0.15, 0.2) is 48.5 Å². The summed E-state index contributed by atoms with van der Waals surface area (Å²) in [5.74, 6) is -1.09. The number of carbonyl (C=O) groups is 3. The second kappa shape index (κ2) is 10.3. The zero-order valence-corrected chi connectivity index (χ0v) is 20.3. The monoisotopic (exact) mass is 466 g/mol. The molecule has 2 aromatic rings. The number of fused-ring (bicyclic) bond motifs is 3. The fourth-order valence-corrected chi connectivity index (χ4v) is 4.33. The van der Waals surface area contributed by atoms with Gasteiger partial charge in [0.15, 0.2) is 0 Å². The van der Waals surface area contributed by atoms with Crippen molar-refractivity contribution in [3.63, 3.8) is 0 Å². The number of aliphatic carboxylic acids is 1. The Labute approximate surface area is 200 Å². The van der Waals surface area contributed by atoms with Crippen molar-refractivity contribution in [2.24, 2.45) is 10.8 Å². The molecule has 7 heteroatoms. The van der Waals surface area contributed by atoms with Gasteiger partial charge in [0.25, 0.3) is 0 Å². The Balaban J connectivity index is 1.47. The molecule has 0 unspecified atom stereocenters. The molecule has 0 saturated heterocycles. The van der Waals surface area contributed by atoms with Crippen molar-refractivity contribution < 1.29 is 24.2 Å². The minimum Gasteiger partial charge on any atom is -0.481 e. The number of amides is 2. The van der Waals surface area contributed by atoms with Crippen LogP contribution in [0.1, 0.15) is 57.6 Å². The number of carboxylic acid groups (broad SMARTS) is 1. The van der Waals surface area contributed by atoms with Gasteiger partial charge in [0, 0.05) is 25.4 Å². The van der Waals surface area contributed by atoms with Crippen molar-refractivity contribution in [3.05, 3.63) is 59.7 Å². The number of alkyl carbamates (subject to hydrolysis) is 1. The molecule has 0 radical (unpaired) electrons. The molecule has 3 rings (SSSR count). The van der Waals surface area contributed by atoms with Gasteiger partial charge in [-0.05, 0) is 33.1 Å². The maximum Gasteiger partial charge on any atom is 0.407 e. The van der Waals surface area contributed by atoms with Gasteiger partial charge in [0.1, 0.15) is 6.61 Å². The van der Waals surface area contributed by atoms with Crippen molar-refractivity contribution in [1.29, 1.82) is 0 Å². The second-order valence-electron chi connectivity index (χ2n) is 10.5. The van der Waals surface area contributed by atoms with Crippen LogP contribution in [0.5, 0.6) is 0 Å². The van der Waals surface area contributed by atoms with Gasteiger partial charge >= 0.3 is 12.1 Å². The molecule has 0 aromatic heterocycles. The highest BCUT2D eigenvalue weighted by atomic mass is 16.5. The summed E-state index contributed by atoms with van der Waals surface area (Å²) >= 11 is 0. The molecule has 0 bridgehead atoms. The van der Waals surface area contributed by atoms with E-state index in [2.05, 4.69) is 34.9 Å². The Morgan fingerprint density at radius 3 is 1.88 bits per heavy atom. The first-order chi connectivity index (χ1) is 16.0. The average molecular weight is 467 g/mol. The van der Waals surface area contributed by atoms with Crippen LogP contribution in [0, 0.1) is 10.8 Å². The van der Waals surface area contributed by atoms with Crippen LogP contribution in [-0.2, 0) is 14.3 Å². The van der Waals surface area contributed by atoms with Crippen molar-refractivity contribution in [2.45, 2.75) is 46.5 Å². The summed E-state index contributed by atoms with van der Waals surface area (Å²) in [6.45, 7) is 8.15. The predicted molar refractivity (Wildman–Crippen MR) is 131 cm³/mol. The van der Waals surface area contributed by atoms with Gasteiger partial charge in [0.2, 0.25) is 5.91 Å². The number of benzene rings is 2. The second-order valence-corrected chi connectivity index (χ2v) is 10.5. The number of nitrogens with one attached hydrogen (secondary N) is 2. The predicted octanol–water partition coefficient (Wildman–Crippen LogP) is 4.56. The van der Waals surface area contributed by atoms with Crippen LogP contribution in [0.4, 0.5) is 4.79 Å². The molecule has 0 spiro atoms. The lowest BCUT2D eigenvalue weighted by molar-refractivity contribution is -0.139. The third-order valence-corrected chi connectivity index (χ3v) is 6.09. The third kappa shape index (κ3) is 6.59. The van der Waals surface area contributed by atoms with Gasteiger partial charge in [-0.15, -0.1) is 0 Å². The number of hydrogen-bond acceptors (Lipinski definition) is 4. The molecular weight excluding hydrogens is 432 g/mol. The maximum absolute atomic E-state index is 12.4. The van der Waals surface area contributed by atoms with E-state index in [0.29, 0.717) is 0 Å². The zero-order valence-electron chi connectivity index (χ0n) is 20.3. The summed E-state index contributed by atoms with van der Waals surface area (Å²) in [6.07, 6.45) is -0.349. The number of rotatable bonds is 10. The molecule has 1 aliphatic rings. The third-order valence-electron chi connectivity index (χ3n) is 6.09. The largest absolute Gasteiger partial charge is 0.481 e. The molecule has 182 valence electrons. The van der Waals surface area contributed by atoms with Gasteiger partial charge in [-0.2, -0.15) is 0 Å². The topological polar surface area (TPSA) is 105 Å². The Kier molecular flexibility index (Phi) is 7.64. The molecule has 1 aliphatic carbocycles. The lowest BCUT2D eigenvalue weighted by atomic mass is 9.87. The van der Waals surface area contributed by atoms with E-state index >= 15 is 0 Å². The number of carboxylic acids is 1. The lowest BCUT2D eigenvalue weighted by Crippen LogP contribution is -2.40.